The predicted molar refractivity (Wildman–Crippen MR) is 91.5 cm³/mol. The molecule has 1 aliphatic heterocycles. The van der Waals surface area contributed by atoms with E-state index in [4.69, 9.17) is 0 Å². The average Bonchev–Trinajstić information content (AvgIpc) is 2.94. The Hall–Kier alpha value is -2.29. The van der Waals surface area contributed by atoms with Gasteiger partial charge in [0, 0.05) is 17.9 Å². The summed E-state index contributed by atoms with van der Waals surface area (Å²) in [6.45, 7) is 6.93. The maximum Gasteiger partial charge on any atom is 0.246 e. The second-order valence-electron chi connectivity index (χ2n) is 6.00. The predicted octanol–water partition coefficient (Wildman–Crippen LogP) is 3.69. The summed E-state index contributed by atoms with van der Waals surface area (Å²) in [5.41, 5.74) is 5.65. The highest BCUT2D eigenvalue weighted by molar-refractivity contribution is 5.98. The van der Waals surface area contributed by atoms with Crippen LogP contribution in [-0.2, 0) is 11.2 Å². The van der Waals surface area contributed by atoms with Crippen molar-refractivity contribution in [1.82, 2.24) is 0 Å². The largest absolute Gasteiger partial charge is 0.359 e. The van der Waals surface area contributed by atoms with Crippen LogP contribution < -0.4 is 10.2 Å². The number of aryl methyl sites for hydroxylation is 2. The van der Waals surface area contributed by atoms with Crippen LogP contribution in [0.2, 0.25) is 0 Å². The molecule has 114 valence electrons. The standard InChI is InChI=1S/C19H22N2O/c1-13-7-6-8-14(2)18(13)20-19(22)15(3)21-12-11-16-9-4-5-10-17(16)21/h4-10,15H,11-12H2,1-3H3,(H,20,22)/t15-/m0/s1. The number of carbonyl (C=O) groups is 1. The van der Waals surface area contributed by atoms with Crippen LogP contribution >= 0.6 is 0 Å². The Labute approximate surface area is 132 Å². The molecule has 0 spiro atoms. The van der Waals surface area contributed by atoms with Crippen molar-refractivity contribution in [2.45, 2.75) is 33.2 Å². The molecule has 1 heterocycles. The summed E-state index contributed by atoms with van der Waals surface area (Å²) >= 11 is 0. The van der Waals surface area contributed by atoms with Crippen LogP contribution in [-0.4, -0.2) is 18.5 Å². The molecule has 0 saturated carbocycles. The van der Waals surface area contributed by atoms with E-state index >= 15 is 0 Å². The zero-order valence-electron chi connectivity index (χ0n) is 13.4. The van der Waals surface area contributed by atoms with Crippen molar-refractivity contribution in [3.63, 3.8) is 0 Å². The zero-order chi connectivity index (χ0) is 15.7. The summed E-state index contributed by atoms with van der Waals surface area (Å²) in [4.78, 5) is 14.9. The van der Waals surface area contributed by atoms with Crippen LogP contribution in [0.15, 0.2) is 42.5 Å². The number of rotatable bonds is 3. The highest BCUT2D eigenvalue weighted by Crippen LogP contribution is 2.29. The normalized spacial score (nSPS) is 14.6. The number of nitrogens with one attached hydrogen (secondary N) is 1. The number of carbonyl (C=O) groups excluding carboxylic acids is 1. The zero-order valence-corrected chi connectivity index (χ0v) is 13.4. The molecular formula is C19H22N2O. The highest BCUT2D eigenvalue weighted by atomic mass is 16.2. The van der Waals surface area contributed by atoms with Gasteiger partial charge < -0.3 is 10.2 Å². The van der Waals surface area contributed by atoms with E-state index < -0.39 is 0 Å². The maximum atomic E-state index is 12.7. The Kier molecular flexibility index (Phi) is 3.88. The first-order valence-corrected chi connectivity index (χ1v) is 7.79. The lowest BCUT2D eigenvalue weighted by atomic mass is 10.1. The van der Waals surface area contributed by atoms with E-state index in [1.54, 1.807) is 0 Å². The van der Waals surface area contributed by atoms with Crippen LogP contribution in [0.4, 0.5) is 11.4 Å². The number of para-hydroxylation sites is 2. The Bertz CT molecular complexity index is 688. The molecule has 0 radical (unpaired) electrons. The Morgan fingerprint density at radius 1 is 1.09 bits per heavy atom. The van der Waals surface area contributed by atoms with E-state index in [0.29, 0.717) is 0 Å². The summed E-state index contributed by atoms with van der Waals surface area (Å²) < 4.78 is 0. The van der Waals surface area contributed by atoms with Crippen molar-refractivity contribution in [2.75, 3.05) is 16.8 Å². The molecule has 1 atom stereocenters. The van der Waals surface area contributed by atoms with Crippen LogP contribution in [0.1, 0.15) is 23.6 Å². The number of anilines is 2. The van der Waals surface area contributed by atoms with E-state index in [1.807, 2.05) is 45.0 Å². The fraction of sp³-hybridized carbons (Fsp3) is 0.316. The first kappa shape index (κ1) is 14.6. The van der Waals surface area contributed by atoms with E-state index in [9.17, 15) is 4.79 Å². The minimum atomic E-state index is -0.178. The van der Waals surface area contributed by atoms with Crippen molar-refractivity contribution in [2.24, 2.45) is 0 Å². The molecule has 0 bridgehead atoms. The molecule has 2 aromatic carbocycles. The molecule has 1 N–H and O–H groups in total. The average molecular weight is 294 g/mol. The maximum absolute atomic E-state index is 12.7. The summed E-state index contributed by atoms with van der Waals surface area (Å²) in [6, 6.07) is 14.2. The molecule has 3 heteroatoms. The molecule has 0 fully saturated rings. The molecular weight excluding hydrogens is 272 g/mol. The molecule has 0 unspecified atom stereocenters. The topological polar surface area (TPSA) is 32.3 Å². The van der Waals surface area contributed by atoms with Gasteiger partial charge in [-0.25, -0.2) is 0 Å². The molecule has 1 amide bonds. The lowest BCUT2D eigenvalue weighted by Gasteiger charge is -2.27. The second-order valence-corrected chi connectivity index (χ2v) is 6.00. The number of amides is 1. The Morgan fingerprint density at radius 2 is 1.77 bits per heavy atom. The number of benzene rings is 2. The molecule has 3 nitrogen and oxygen atoms in total. The first-order valence-electron chi connectivity index (χ1n) is 7.79. The van der Waals surface area contributed by atoms with Gasteiger partial charge in [0.15, 0.2) is 0 Å². The third-order valence-corrected chi connectivity index (χ3v) is 4.50. The van der Waals surface area contributed by atoms with E-state index in [0.717, 1.165) is 29.8 Å². The van der Waals surface area contributed by atoms with Gasteiger partial charge in [-0.2, -0.15) is 0 Å². The van der Waals surface area contributed by atoms with Crippen LogP contribution in [0.3, 0.4) is 0 Å². The first-order chi connectivity index (χ1) is 10.6. The minimum Gasteiger partial charge on any atom is -0.359 e. The van der Waals surface area contributed by atoms with Crippen molar-refractivity contribution in [1.29, 1.82) is 0 Å². The third kappa shape index (κ3) is 2.59. The minimum absolute atomic E-state index is 0.0501. The molecule has 0 saturated heterocycles. The van der Waals surface area contributed by atoms with Gasteiger partial charge in [0.25, 0.3) is 0 Å². The Morgan fingerprint density at radius 3 is 2.50 bits per heavy atom. The molecule has 22 heavy (non-hydrogen) atoms. The van der Waals surface area contributed by atoms with E-state index in [1.165, 1.54) is 11.3 Å². The molecule has 3 rings (SSSR count). The summed E-state index contributed by atoms with van der Waals surface area (Å²) in [5.74, 6) is 0.0501. The number of hydrogen-bond donors (Lipinski definition) is 1. The van der Waals surface area contributed by atoms with E-state index in [2.05, 4.69) is 28.4 Å². The van der Waals surface area contributed by atoms with Crippen LogP contribution in [0.5, 0.6) is 0 Å². The third-order valence-electron chi connectivity index (χ3n) is 4.50. The number of nitrogens with zero attached hydrogens (tertiary/aromatic N) is 1. The van der Waals surface area contributed by atoms with Gasteiger partial charge in [0.2, 0.25) is 5.91 Å². The van der Waals surface area contributed by atoms with Gasteiger partial charge in [0.05, 0.1) is 0 Å². The van der Waals surface area contributed by atoms with Gasteiger partial charge in [-0.1, -0.05) is 36.4 Å². The highest BCUT2D eigenvalue weighted by Gasteiger charge is 2.27. The van der Waals surface area contributed by atoms with Crippen LogP contribution in [0.25, 0.3) is 0 Å². The smallest absolute Gasteiger partial charge is 0.246 e. The van der Waals surface area contributed by atoms with E-state index in [-0.39, 0.29) is 11.9 Å². The number of hydrogen-bond acceptors (Lipinski definition) is 2. The lowest BCUT2D eigenvalue weighted by molar-refractivity contribution is -0.117. The van der Waals surface area contributed by atoms with Gasteiger partial charge in [0.1, 0.15) is 6.04 Å². The molecule has 0 aromatic heterocycles. The fourth-order valence-electron chi connectivity index (χ4n) is 3.15. The quantitative estimate of drug-likeness (QED) is 0.936. The van der Waals surface area contributed by atoms with Gasteiger partial charge >= 0.3 is 0 Å². The second kappa shape index (κ2) is 5.84. The lowest BCUT2D eigenvalue weighted by Crippen LogP contribution is -2.41. The van der Waals surface area contributed by atoms with Crippen molar-refractivity contribution < 1.29 is 4.79 Å². The van der Waals surface area contributed by atoms with Crippen LogP contribution in [0, 0.1) is 13.8 Å². The monoisotopic (exact) mass is 294 g/mol. The van der Waals surface area contributed by atoms with Crippen molar-refractivity contribution in [3.05, 3.63) is 59.2 Å². The Balaban J connectivity index is 1.79. The summed E-state index contributed by atoms with van der Waals surface area (Å²) in [7, 11) is 0. The van der Waals surface area contributed by atoms with Crippen molar-refractivity contribution >= 4 is 17.3 Å². The van der Waals surface area contributed by atoms with Crippen molar-refractivity contribution in [3.8, 4) is 0 Å². The number of fused-ring (bicyclic) bond motifs is 1. The summed E-state index contributed by atoms with van der Waals surface area (Å²) in [6.07, 6.45) is 1.01. The van der Waals surface area contributed by atoms with Gasteiger partial charge in [-0.05, 0) is 49.9 Å². The SMILES string of the molecule is Cc1cccc(C)c1NC(=O)[C@H](C)N1CCc2ccccc21. The fourth-order valence-corrected chi connectivity index (χ4v) is 3.15. The molecule has 1 aliphatic rings. The molecule has 2 aromatic rings. The summed E-state index contributed by atoms with van der Waals surface area (Å²) in [5, 5.41) is 3.11. The molecule has 0 aliphatic carbocycles. The van der Waals surface area contributed by atoms with Gasteiger partial charge in [-0.15, -0.1) is 0 Å². The van der Waals surface area contributed by atoms with Gasteiger partial charge in [-0.3, -0.25) is 4.79 Å².